The van der Waals surface area contributed by atoms with E-state index in [0.717, 1.165) is 22.3 Å². The van der Waals surface area contributed by atoms with E-state index in [4.69, 9.17) is 42.6 Å². The van der Waals surface area contributed by atoms with Crippen LogP contribution in [0.2, 0.25) is 0 Å². The van der Waals surface area contributed by atoms with Gasteiger partial charge in [-0.2, -0.15) is 0 Å². The lowest BCUT2D eigenvalue weighted by atomic mass is 9.94. The Kier molecular flexibility index (Phi) is 15.0. The lowest BCUT2D eigenvalue weighted by molar-refractivity contribution is -0.361. The van der Waals surface area contributed by atoms with Crippen molar-refractivity contribution >= 4 is 11.8 Å². The highest BCUT2D eigenvalue weighted by atomic mass is 16.8. The number of hydrogen-bond donors (Lipinski definition) is 2. The summed E-state index contributed by atoms with van der Waals surface area (Å²) in [6.07, 6.45) is -7.84. The Labute approximate surface area is 339 Å². The van der Waals surface area contributed by atoms with E-state index in [2.05, 4.69) is 10.6 Å². The van der Waals surface area contributed by atoms with Gasteiger partial charge in [0.05, 0.1) is 33.0 Å². The van der Waals surface area contributed by atoms with Crippen molar-refractivity contribution in [2.45, 2.75) is 94.7 Å². The zero-order chi connectivity index (χ0) is 40.1. The molecule has 0 radical (unpaired) electrons. The summed E-state index contributed by atoms with van der Waals surface area (Å²) in [6, 6.07) is 38.3. The molecule has 3 saturated heterocycles. The molecule has 4 aromatic rings. The van der Waals surface area contributed by atoms with Gasteiger partial charge in [-0.1, -0.05) is 121 Å². The molecule has 0 saturated carbocycles. The topological polar surface area (TPSA) is 141 Å². The van der Waals surface area contributed by atoms with Crippen molar-refractivity contribution in [3.63, 3.8) is 0 Å². The summed E-state index contributed by atoms with van der Waals surface area (Å²) in [4.78, 5) is 26.1. The molecule has 7 rings (SSSR count). The fraction of sp³-hybridized carbons (Fsp3) is 0.422. The lowest BCUT2D eigenvalue weighted by Crippen LogP contribution is -2.69. The highest BCUT2D eigenvalue weighted by Gasteiger charge is 2.54. The number of amides is 2. The molecule has 0 unspecified atom stereocenters. The SMILES string of the molecule is CO[C@@H]1O[C@@H]2CNC(=O)CO[C@H]3[C@@H](O[C@H]2[C@H](OCc2ccccc2)[C@H]1NC(C)=O)O[C@H](COCc1ccccc1)[C@H](OCc1ccccc1)[C@@H]3OCc1ccccc1. The van der Waals surface area contributed by atoms with Crippen LogP contribution in [0.1, 0.15) is 29.2 Å². The average molecular weight is 797 g/mol. The zero-order valence-corrected chi connectivity index (χ0v) is 32.8. The molecule has 3 aliphatic heterocycles. The number of rotatable bonds is 15. The van der Waals surface area contributed by atoms with E-state index < -0.39 is 61.3 Å². The van der Waals surface area contributed by atoms with Crippen LogP contribution in [0.15, 0.2) is 121 Å². The molecular formula is C45H52N2O11. The fourth-order valence-electron chi connectivity index (χ4n) is 7.47. The zero-order valence-electron chi connectivity index (χ0n) is 32.8. The molecule has 308 valence electrons. The van der Waals surface area contributed by atoms with Crippen molar-refractivity contribution < 1.29 is 52.2 Å². The van der Waals surface area contributed by atoms with E-state index >= 15 is 0 Å². The van der Waals surface area contributed by atoms with Gasteiger partial charge in [0.25, 0.3) is 0 Å². The Bertz CT molecular complexity index is 1840. The van der Waals surface area contributed by atoms with Crippen molar-refractivity contribution in [3.05, 3.63) is 144 Å². The first kappa shape index (κ1) is 41.6. The molecule has 0 spiro atoms. The van der Waals surface area contributed by atoms with Gasteiger partial charge >= 0.3 is 0 Å². The largest absolute Gasteiger partial charge is 0.374 e. The van der Waals surface area contributed by atoms with Gasteiger partial charge in [0, 0.05) is 20.6 Å². The van der Waals surface area contributed by atoms with Crippen LogP contribution in [0.5, 0.6) is 0 Å². The van der Waals surface area contributed by atoms with Crippen molar-refractivity contribution in [2.75, 3.05) is 26.9 Å². The number of hydrogen-bond acceptors (Lipinski definition) is 11. The average Bonchev–Trinajstić information content (AvgIpc) is 3.25. The maximum absolute atomic E-state index is 13.4. The summed E-state index contributed by atoms with van der Waals surface area (Å²) in [6.45, 7) is 2.25. The summed E-state index contributed by atoms with van der Waals surface area (Å²) in [7, 11) is 1.49. The van der Waals surface area contributed by atoms with E-state index in [0.29, 0.717) is 6.61 Å². The van der Waals surface area contributed by atoms with Gasteiger partial charge in [0.1, 0.15) is 55.4 Å². The third-order valence-electron chi connectivity index (χ3n) is 10.3. The standard InChI is InChI=1S/C45H52N2O11/c1-30(48)47-38-41(53-26-33-19-11-5-12-20-33)40-35(56-44(38)50-2)23-46-37(49)29-55-43-42(54-27-34-21-13-6-14-22-34)39(52-25-32-17-9-4-10-18-32)36(57-45(43)58-40)28-51-24-31-15-7-3-8-16-31/h3-22,35-36,38-45H,23-29H2,1-2H3,(H,46,49)(H,47,48)/t35-,36-,38-,39+,40-,41-,42+,43-,44-,45-/m1/s1. The second-order valence-corrected chi connectivity index (χ2v) is 14.5. The van der Waals surface area contributed by atoms with Crippen LogP contribution >= 0.6 is 0 Å². The van der Waals surface area contributed by atoms with Gasteiger partial charge in [0.2, 0.25) is 11.8 Å². The summed E-state index contributed by atoms with van der Waals surface area (Å²) < 4.78 is 59.0. The van der Waals surface area contributed by atoms with Crippen molar-refractivity contribution in [2.24, 2.45) is 0 Å². The van der Waals surface area contributed by atoms with Crippen LogP contribution in [0.4, 0.5) is 0 Å². The summed E-state index contributed by atoms with van der Waals surface area (Å²) in [5.74, 6) is -0.686. The third-order valence-corrected chi connectivity index (χ3v) is 10.3. The van der Waals surface area contributed by atoms with Gasteiger partial charge in [-0.3, -0.25) is 9.59 Å². The molecular weight excluding hydrogens is 744 g/mol. The molecule has 0 bridgehead atoms. The Morgan fingerprint density at radius 1 is 0.672 bits per heavy atom. The third kappa shape index (κ3) is 11.1. The maximum Gasteiger partial charge on any atom is 0.246 e. The number of benzene rings is 4. The molecule has 10 atom stereocenters. The van der Waals surface area contributed by atoms with E-state index in [9.17, 15) is 9.59 Å². The minimum atomic E-state index is -1.13. The molecule has 4 aromatic carbocycles. The predicted octanol–water partition coefficient (Wildman–Crippen LogP) is 4.46. The number of carbonyl (C=O) groups excluding carboxylic acids is 2. The highest BCUT2D eigenvalue weighted by Crippen LogP contribution is 2.35. The first-order chi connectivity index (χ1) is 28.4. The monoisotopic (exact) mass is 796 g/mol. The minimum absolute atomic E-state index is 0.0441. The van der Waals surface area contributed by atoms with Gasteiger partial charge in [0.15, 0.2) is 12.6 Å². The molecule has 2 amide bonds. The van der Waals surface area contributed by atoms with Crippen LogP contribution < -0.4 is 10.6 Å². The number of ether oxygens (including phenoxy) is 9. The molecule has 2 N–H and O–H groups in total. The molecule has 3 heterocycles. The molecule has 13 heteroatoms. The molecule has 3 aliphatic rings. The summed E-state index contributed by atoms with van der Waals surface area (Å²) in [5.41, 5.74) is 3.79. The number of fused-ring (bicyclic) bond motifs is 2. The Hall–Kier alpha value is -4.54. The van der Waals surface area contributed by atoms with E-state index in [1.807, 2.05) is 121 Å². The summed E-state index contributed by atoms with van der Waals surface area (Å²) >= 11 is 0. The first-order valence-electron chi connectivity index (χ1n) is 19.7. The normalized spacial score (nSPS) is 28.7. The van der Waals surface area contributed by atoms with E-state index in [1.54, 1.807) is 0 Å². The minimum Gasteiger partial charge on any atom is -0.374 e. The fourth-order valence-corrected chi connectivity index (χ4v) is 7.47. The van der Waals surface area contributed by atoms with Crippen LogP contribution in [0.3, 0.4) is 0 Å². The quantitative estimate of drug-likeness (QED) is 0.176. The second-order valence-electron chi connectivity index (χ2n) is 14.5. The second kappa shape index (κ2) is 20.9. The smallest absolute Gasteiger partial charge is 0.246 e. The number of methoxy groups -OCH3 is 1. The Morgan fingerprint density at radius 3 is 1.72 bits per heavy atom. The molecule has 13 nitrogen and oxygen atoms in total. The first-order valence-corrected chi connectivity index (χ1v) is 19.7. The van der Waals surface area contributed by atoms with Gasteiger partial charge in [-0.15, -0.1) is 0 Å². The van der Waals surface area contributed by atoms with Crippen LogP contribution in [0, 0.1) is 0 Å². The number of nitrogens with one attached hydrogen (secondary N) is 2. The Morgan fingerprint density at radius 2 is 1.19 bits per heavy atom. The summed E-state index contributed by atoms with van der Waals surface area (Å²) in [5, 5.41) is 5.89. The predicted molar refractivity (Wildman–Crippen MR) is 211 cm³/mol. The molecule has 58 heavy (non-hydrogen) atoms. The highest BCUT2D eigenvalue weighted by molar-refractivity contribution is 5.77. The van der Waals surface area contributed by atoms with Crippen LogP contribution in [0.25, 0.3) is 0 Å². The maximum atomic E-state index is 13.4. The van der Waals surface area contributed by atoms with Crippen molar-refractivity contribution in [1.29, 1.82) is 0 Å². The molecule has 3 fully saturated rings. The Balaban J connectivity index is 1.25. The van der Waals surface area contributed by atoms with E-state index in [1.165, 1.54) is 14.0 Å². The molecule has 0 aromatic heterocycles. The number of carbonyl (C=O) groups is 2. The molecule has 0 aliphatic carbocycles. The van der Waals surface area contributed by atoms with Gasteiger partial charge in [-0.05, 0) is 22.3 Å². The lowest BCUT2D eigenvalue weighted by Gasteiger charge is -2.50. The van der Waals surface area contributed by atoms with Crippen molar-refractivity contribution in [3.8, 4) is 0 Å². The van der Waals surface area contributed by atoms with Crippen molar-refractivity contribution in [1.82, 2.24) is 10.6 Å². The van der Waals surface area contributed by atoms with Gasteiger partial charge < -0.3 is 53.3 Å². The van der Waals surface area contributed by atoms with E-state index in [-0.39, 0.29) is 51.4 Å². The van der Waals surface area contributed by atoms with Crippen LogP contribution in [-0.2, 0) is 78.6 Å². The van der Waals surface area contributed by atoms with Gasteiger partial charge in [-0.25, -0.2) is 0 Å². The van der Waals surface area contributed by atoms with Crippen LogP contribution in [-0.4, -0.2) is 100 Å².